The Hall–Kier alpha value is -2.67. The minimum atomic E-state index is -4.88. The van der Waals surface area contributed by atoms with Gasteiger partial charge in [-0.05, 0) is 56.7 Å². The standard InChI is InChI=1S/C23H22F6N4O2S/c1-11-7-15(20(30-9-11)23(27,28)29)18-17(24)8-14-16(10-33(22(14)31-18)12-3-2-4-12)19(21(25)26)32-36(34,35)13-5-6-13/h7-10,12-13,19,21,32H,2-6H2,1H3/t19-/m0/s1. The lowest BCUT2D eigenvalue weighted by Gasteiger charge is -2.27. The molecule has 0 amide bonds. The SMILES string of the molecule is Cc1cnc(C(F)(F)F)c(-c2nc3c(cc2F)c([C@H](NS(=O)(=O)C2CC2)C(F)F)cn3C2CCC2)c1. The second-order valence-electron chi connectivity index (χ2n) is 9.35. The van der Waals surface area contributed by atoms with Crippen molar-refractivity contribution in [3.8, 4) is 11.3 Å². The number of pyridine rings is 2. The second kappa shape index (κ2) is 8.72. The highest BCUT2D eigenvalue weighted by molar-refractivity contribution is 7.90. The van der Waals surface area contributed by atoms with Gasteiger partial charge in [0, 0.05) is 34.9 Å². The van der Waals surface area contributed by atoms with Crippen LogP contribution in [-0.4, -0.2) is 34.6 Å². The van der Waals surface area contributed by atoms with Crippen LogP contribution in [0.3, 0.4) is 0 Å². The number of aryl methyl sites for hydroxylation is 1. The van der Waals surface area contributed by atoms with E-state index in [1.54, 1.807) is 0 Å². The summed E-state index contributed by atoms with van der Waals surface area (Å²) in [6, 6.07) is -0.164. The Balaban J connectivity index is 1.71. The first-order chi connectivity index (χ1) is 16.9. The molecule has 13 heteroatoms. The molecule has 36 heavy (non-hydrogen) atoms. The van der Waals surface area contributed by atoms with Crippen LogP contribution in [0, 0.1) is 12.7 Å². The summed E-state index contributed by atoms with van der Waals surface area (Å²) in [6.07, 6.45) is -2.79. The number of rotatable bonds is 7. The molecule has 6 nitrogen and oxygen atoms in total. The van der Waals surface area contributed by atoms with Gasteiger partial charge in [-0.15, -0.1) is 0 Å². The second-order valence-corrected chi connectivity index (χ2v) is 11.3. The van der Waals surface area contributed by atoms with Crippen molar-refractivity contribution in [3.05, 3.63) is 47.2 Å². The molecule has 0 spiro atoms. The molecule has 0 bridgehead atoms. The van der Waals surface area contributed by atoms with Crippen LogP contribution in [0.5, 0.6) is 0 Å². The van der Waals surface area contributed by atoms with Crippen molar-refractivity contribution in [1.29, 1.82) is 0 Å². The molecule has 0 unspecified atom stereocenters. The fraction of sp³-hybridized carbons (Fsp3) is 0.478. The molecule has 194 valence electrons. The van der Waals surface area contributed by atoms with Crippen molar-refractivity contribution >= 4 is 21.1 Å². The van der Waals surface area contributed by atoms with Gasteiger partial charge >= 0.3 is 6.18 Å². The van der Waals surface area contributed by atoms with Crippen molar-refractivity contribution in [2.45, 2.75) is 69.0 Å². The summed E-state index contributed by atoms with van der Waals surface area (Å²) in [5.41, 5.74) is -2.30. The van der Waals surface area contributed by atoms with Gasteiger partial charge in [-0.1, -0.05) is 0 Å². The van der Waals surface area contributed by atoms with Crippen LogP contribution in [-0.2, 0) is 16.2 Å². The zero-order chi connectivity index (χ0) is 26.0. The summed E-state index contributed by atoms with van der Waals surface area (Å²) in [6.45, 7) is 1.50. The molecule has 2 aliphatic carbocycles. The van der Waals surface area contributed by atoms with Gasteiger partial charge in [0.15, 0.2) is 5.69 Å². The summed E-state index contributed by atoms with van der Waals surface area (Å²) in [7, 11) is -4.03. The van der Waals surface area contributed by atoms with Crippen LogP contribution in [0.4, 0.5) is 26.3 Å². The van der Waals surface area contributed by atoms with Crippen molar-refractivity contribution in [2.75, 3.05) is 0 Å². The van der Waals surface area contributed by atoms with Crippen LogP contribution >= 0.6 is 0 Å². The van der Waals surface area contributed by atoms with E-state index >= 15 is 4.39 Å². The Bertz CT molecular complexity index is 1430. The predicted octanol–water partition coefficient (Wildman–Crippen LogP) is 5.68. The van der Waals surface area contributed by atoms with E-state index in [0.717, 1.165) is 24.8 Å². The predicted molar refractivity (Wildman–Crippen MR) is 119 cm³/mol. The molecule has 1 atom stereocenters. The lowest BCUT2D eigenvalue weighted by molar-refractivity contribution is -0.140. The maximum absolute atomic E-state index is 15.3. The summed E-state index contributed by atoms with van der Waals surface area (Å²) in [5, 5.41) is -0.837. The Kier molecular flexibility index (Phi) is 6.05. The highest BCUT2D eigenvalue weighted by Gasteiger charge is 2.41. The number of aromatic nitrogens is 3. The van der Waals surface area contributed by atoms with Gasteiger partial charge in [0.1, 0.15) is 23.2 Å². The first-order valence-corrected chi connectivity index (χ1v) is 13.0. The van der Waals surface area contributed by atoms with E-state index in [4.69, 9.17) is 0 Å². The lowest BCUT2D eigenvalue weighted by atomic mass is 9.93. The van der Waals surface area contributed by atoms with E-state index < -0.39 is 56.7 Å². The number of hydrogen-bond donors (Lipinski definition) is 1. The van der Waals surface area contributed by atoms with Gasteiger partial charge in [-0.2, -0.15) is 13.2 Å². The molecule has 5 rings (SSSR count). The Labute approximate surface area is 202 Å². The summed E-state index contributed by atoms with van der Waals surface area (Å²) in [5.74, 6) is -1.16. The number of nitrogens with zero attached hydrogens (tertiary/aromatic N) is 3. The number of sulfonamides is 1. The molecule has 0 aromatic carbocycles. The fourth-order valence-electron chi connectivity index (χ4n) is 4.43. The zero-order valence-electron chi connectivity index (χ0n) is 19.0. The summed E-state index contributed by atoms with van der Waals surface area (Å²) < 4.78 is 113. The third kappa shape index (κ3) is 4.47. The molecule has 3 heterocycles. The molecular weight excluding hydrogens is 510 g/mol. The van der Waals surface area contributed by atoms with Gasteiger partial charge in [0.05, 0.1) is 5.25 Å². The topological polar surface area (TPSA) is 76.9 Å². The van der Waals surface area contributed by atoms with E-state index in [2.05, 4.69) is 14.7 Å². The highest BCUT2D eigenvalue weighted by atomic mass is 32.2. The minimum absolute atomic E-state index is 0.0111. The number of nitrogens with one attached hydrogen (secondary N) is 1. The fourth-order valence-corrected chi connectivity index (χ4v) is 5.96. The molecule has 3 aromatic rings. The Morgan fingerprint density at radius 2 is 1.83 bits per heavy atom. The molecule has 0 radical (unpaired) electrons. The first kappa shape index (κ1) is 25.0. The summed E-state index contributed by atoms with van der Waals surface area (Å²) >= 11 is 0. The third-order valence-corrected chi connectivity index (χ3v) is 8.58. The van der Waals surface area contributed by atoms with E-state index in [0.29, 0.717) is 31.2 Å². The Morgan fingerprint density at radius 1 is 1.14 bits per heavy atom. The van der Waals surface area contributed by atoms with E-state index in [-0.39, 0.29) is 22.6 Å². The molecule has 2 fully saturated rings. The number of halogens is 6. The van der Waals surface area contributed by atoms with Gasteiger partial charge in [-0.3, -0.25) is 4.98 Å². The van der Waals surface area contributed by atoms with E-state index in [1.165, 1.54) is 17.7 Å². The van der Waals surface area contributed by atoms with Crippen molar-refractivity contribution < 1.29 is 34.8 Å². The number of fused-ring (bicyclic) bond motifs is 1. The smallest absolute Gasteiger partial charge is 0.329 e. The van der Waals surface area contributed by atoms with E-state index in [9.17, 15) is 30.4 Å². The Morgan fingerprint density at radius 3 is 2.39 bits per heavy atom. The number of alkyl halides is 5. The molecule has 2 saturated carbocycles. The van der Waals surface area contributed by atoms with Crippen molar-refractivity contribution in [3.63, 3.8) is 0 Å². The maximum atomic E-state index is 15.3. The molecule has 1 N–H and O–H groups in total. The average Bonchev–Trinajstić information content (AvgIpc) is 3.54. The van der Waals surface area contributed by atoms with Crippen LogP contribution in [0.2, 0.25) is 0 Å². The van der Waals surface area contributed by atoms with E-state index in [1.807, 2.05) is 0 Å². The van der Waals surface area contributed by atoms with Crippen LogP contribution < -0.4 is 4.72 Å². The molecule has 0 aliphatic heterocycles. The zero-order valence-corrected chi connectivity index (χ0v) is 19.8. The minimum Gasteiger partial charge on any atom is -0.329 e. The first-order valence-electron chi connectivity index (χ1n) is 11.4. The molecular formula is C23H22F6N4O2S. The van der Waals surface area contributed by atoms with Gasteiger partial charge in [0.2, 0.25) is 10.0 Å². The largest absolute Gasteiger partial charge is 0.434 e. The van der Waals surface area contributed by atoms with Crippen LogP contribution in [0.1, 0.15) is 61.0 Å². The monoisotopic (exact) mass is 532 g/mol. The van der Waals surface area contributed by atoms with Gasteiger partial charge < -0.3 is 4.57 Å². The van der Waals surface area contributed by atoms with Crippen molar-refractivity contribution in [2.24, 2.45) is 0 Å². The highest BCUT2D eigenvalue weighted by Crippen LogP contribution is 2.42. The summed E-state index contributed by atoms with van der Waals surface area (Å²) in [4.78, 5) is 7.63. The van der Waals surface area contributed by atoms with Gasteiger partial charge in [0.25, 0.3) is 6.43 Å². The van der Waals surface area contributed by atoms with Crippen molar-refractivity contribution in [1.82, 2.24) is 19.3 Å². The molecule has 2 aliphatic rings. The number of hydrogen-bond acceptors (Lipinski definition) is 4. The van der Waals surface area contributed by atoms with Crippen LogP contribution in [0.25, 0.3) is 22.3 Å². The quantitative estimate of drug-likeness (QED) is 0.398. The van der Waals surface area contributed by atoms with Crippen LogP contribution in [0.15, 0.2) is 24.5 Å². The average molecular weight is 533 g/mol. The molecule has 3 aromatic heterocycles. The maximum Gasteiger partial charge on any atom is 0.434 e. The lowest BCUT2D eigenvalue weighted by Crippen LogP contribution is -2.35. The third-order valence-electron chi connectivity index (χ3n) is 6.65. The normalized spacial score (nSPS) is 18.1. The van der Waals surface area contributed by atoms with Gasteiger partial charge in [-0.25, -0.2) is 31.3 Å². The molecule has 0 saturated heterocycles.